The Balaban J connectivity index is 1.28. The van der Waals surface area contributed by atoms with Gasteiger partial charge in [0.2, 0.25) is 5.91 Å². The number of hydrogen-bond donors (Lipinski definition) is 2. The van der Waals surface area contributed by atoms with Gasteiger partial charge in [0.25, 0.3) is 0 Å². The lowest BCUT2D eigenvalue weighted by Crippen LogP contribution is -2.38. The number of hydrogen-bond acceptors (Lipinski definition) is 5. The Morgan fingerprint density at radius 3 is 2.35 bits per heavy atom. The van der Waals surface area contributed by atoms with Crippen LogP contribution in [0.4, 0.5) is 11.4 Å². The first-order valence-corrected chi connectivity index (χ1v) is 11.5. The molecule has 1 unspecified atom stereocenters. The maximum Gasteiger partial charge on any atom is 0.241 e. The van der Waals surface area contributed by atoms with Crippen LogP contribution in [0, 0.1) is 0 Å². The third-order valence-corrected chi connectivity index (χ3v) is 6.21. The SMILES string of the molecule is CC(NCc1ccccc1CN1CCCC1)C(=O)Nc1ccc(N2CCOCC2)cc1. The van der Waals surface area contributed by atoms with Gasteiger partial charge in [-0.05, 0) is 68.2 Å². The summed E-state index contributed by atoms with van der Waals surface area (Å²) in [4.78, 5) is 17.5. The normalized spacial score (nSPS) is 18.2. The first-order valence-electron chi connectivity index (χ1n) is 11.5. The fraction of sp³-hybridized carbons (Fsp3) is 0.480. The van der Waals surface area contributed by atoms with Gasteiger partial charge in [-0.25, -0.2) is 0 Å². The van der Waals surface area contributed by atoms with Crippen molar-refractivity contribution in [3.63, 3.8) is 0 Å². The minimum Gasteiger partial charge on any atom is -0.378 e. The maximum absolute atomic E-state index is 12.7. The van der Waals surface area contributed by atoms with Gasteiger partial charge in [0.05, 0.1) is 19.3 Å². The molecule has 0 aromatic heterocycles. The molecule has 2 aromatic carbocycles. The Hall–Kier alpha value is -2.41. The van der Waals surface area contributed by atoms with Crippen molar-refractivity contribution in [1.29, 1.82) is 0 Å². The van der Waals surface area contributed by atoms with Gasteiger partial charge in [-0.1, -0.05) is 24.3 Å². The van der Waals surface area contributed by atoms with Gasteiger partial charge in [-0.15, -0.1) is 0 Å². The standard InChI is InChI=1S/C25H34N4O2/c1-20(26-18-21-6-2-3-7-22(21)19-28-12-4-5-13-28)25(30)27-23-8-10-24(11-9-23)29-14-16-31-17-15-29/h2-3,6-11,20,26H,4-5,12-19H2,1H3,(H,27,30). The minimum atomic E-state index is -0.279. The van der Waals surface area contributed by atoms with Crippen molar-refractivity contribution in [2.24, 2.45) is 0 Å². The summed E-state index contributed by atoms with van der Waals surface area (Å²) in [5.74, 6) is -0.0175. The molecule has 0 radical (unpaired) electrons. The summed E-state index contributed by atoms with van der Waals surface area (Å²) < 4.78 is 5.41. The Labute approximate surface area is 185 Å². The van der Waals surface area contributed by atoms with Crippen LogP contribution >= 0.6 is 0 Å². The van der Waals surface area contributed by atoms with E-state index in [4.69, 9.17) is 4.74 Å². The molecule has 2 aliphatic rings. The van der Waals surface area contributed by atoms with Gasteiger partial charge in [0, 0.05) is 37.6 Å². The molecule has 6 nitrogen and oxygen atoms in total. The van der Waals surface area contributed by atoms with E-state index in [0.29, 0.717) is 6.54 Å². The summed E-state index contributed by atoms with van der Waals surface area (Å²) in [5, 5.41) is 6.42. The molecule has 4 rings (SSSR count). The first-order chi connectivity index (χ1) is 15.2. The summed E-state index contributed by atoms with van der Waals surface area (Å²) in [6.07, 6.45) is 2.59. The molecule has 2 N–H and O–H groups in total. The van der Waals surface area contributed by atoms with E-state index < -0.39 is 0 Å². The lowest BCUT2D eigenvalue weighted by Gasteiger charge is -2.29. The predicted molar refractivity (Wildman–Crippen MR) is 125 cm³/mol. The number of ether oxygens (including phenoxy) is 1. The zero-order valence-electron chi connectivity index (χ0n) is 18.5. The number of benzene rings is 2. The summed E-state index contributed by atoms with van der Waals surface area (Å²) in [6.45, 7) is 9.32. The molecular weight excluding hydrogens is 388 g/mol. The van der Waals surface area contributed by atoms with Crippen LogP contribution in [0.15, 0.2) is 48.5 Å². The lowest BCUT2D eigenvalue weighted by atomic mass is 10.1. The molecule has 2 heterocycles. The Morgan fingerprint density at radius 2 is 1.65 bits per heavy atom. The highest BCUT2D eigenvalue weighted by atomic mass is 16.5. The Kier molecular flexibility index (Phi) is 7.57. The van der Waals surface area contributed by atoms with E-state index in [1.54, 1.807) is 0 Å². The fourth-order valence-electron chi connectivity index (χ4n) is 4.25. The van der Waals surface area contributed by atoms with Crippen molar-refractivity contribution in [2.75, 3.05) is 49.6 Å². The molecule has 2 aromatic rings. The molecule has 0 bridgehead atoms. The third-order valence-electron chi connectivity index (χ3n) is 6.21. The lowest BCUT2D eigenvalue weighted by molar-refractivity contribution is -0.117. The molecule has 0 saturated carbocycles. The molecule has 2 saturated heterocycles. The van der Waals surface area contributed by atoms with Crippen molar-refractivity contribution >= 4 is 17.3 Å². The van der Waals surface area contributed by atoms with Gasteiger partial charge < -0.3 is 20.3 Å². The van der Waals surface area contributed by atoms with Crippen LogP contribution < -0.4 is 15.5 Å². The Morgan fingerprint density at radius 1 is 0.968 bits per heavy atom. The number of rotatable bonds is 8. The van der Waals surface area contributed by atoms with Crippen molar-refractivity contribution in [2.45, 2.75) is 38.9 Å². The number of nitrogens with one attached hydrogen (secondary N) is 2. The molecule has 1 amide bonds. The number of anilines is 2. The van der Waals surface area contributed by atoms with E-state index in [0.717, 1.165) is 38.5 Å². The molecule has 2 fully saturated rings. The van der Waals surface area contributed by atoms with Gasteiger partial charge in [0.1, 0.15) is 0 Å². The Bertz CT molecular complexity index is 843. The van der Waals surface area contributed by atoms with Gasteiger partial charge >= 0.3 is 0 Å². The monoisotopic (exact) mass is 422 g/mol. The van der Waals surface area contributed by atoms with Crippen LogP contribution in [0.3, 0.4) is 0 Å². The number of carbonyl (C=O) groups excluding carboxylic acids is 1. The molecule has 0 spiro atoms. The fourth-order valence-corrected chi connectivity index (χ4v) is 4.25. The number of amides is 1. The minimum absolute atomic E-state index is 0.0175. The van der Waals surface area contributed by atoms with Crippen molar-refractivity contribution in [3.8, 4) is 0 Å². The number of likely N-dealkylation sites (tertiary alicyclic amines) is 1. The highest BCUT2D eigenvalue weighted by Crippen LogP contribution is 2.19. The summed E-state index contributed by atoms with van der Waals surface area (Å²) >= 11 is 0. The largest absolute Gasteiger partial charge is 0.378 e. The number of carbonyl (C=O) groups is 1. The summed E-state index contributed by atoms with van der Waals surface area (Å²) in [5.41, 5.74) is 4.61. The quantitative estimate of drug-likeness (QED) is 0.684. The second kappa shape index (κ2) is 10.8. The third kappa shape index (κ3) is 6.06. The molecule has 31 heavy (non-hydrogen) atoms. The van der Waals surface area contributed by atoms with E-state index in [1.807, 2.05) is 19.1 Å². The molecule has 1 atom stereocenters. The van der Waals surface area contributed by atoms with Crippen LogP contribution in [-0.4, -0.2) is 56.2 Å². The van der Waals surface area contributed by atoms with Crippen LogP contribution in [0.1, 0.15) is 30.9 Å². The van der Waals surface area contributed by atoms with Crippen molar-refractivity contribution in [1.82, 2.24) is 10.2 Å². The maximum atomic E-state index is 12.7. The van der Waals surface area contributed by atoms with Crippen LogP contribution in [-0.2, 0) is 22.6 Å². The van der Waals surface area contributed by atoms with E-state index >= 15 is 0 Å². The van der Waals surface area contributed by atoms with Gasteiger partial charge in [-0.2, -0.15) is 0 Å². The summed E-state index contributed by atoms with van der Waals surface area (Å²) in [6, 6.07) is 16.3. The zero-order chi connectivity index (χ0) is 21.5. The molecule has 166 valence electrons. The van der Waals surface area contributed by atoms with Gasteiger partial charge in [0.15, 0.2) is 0 Å². The molecule has 0 aliphatic carbocycles. The van der Waals surface area contributed by atoms with E-state index in [1.165, 1.54) is 42.7 Å². The summed E-state index contributed by atoms with van der Waals surface area (Å²) in [7, 11) is 0. The van der Waals surface area contributed by atoms with E-state index in [-0.39, 0.29) is 11.9 Å². The highest BCUT2D eigenvalue weighted by Gasteiger charge is 2.16. The van der Waals surface area contributed by atoms with Crippen molar-refractivity contribution < 1.29 is 9.53 Å². The zero-order valence-corrected chi connectivity index (χ0v) is 18.5. The topological polar surface area (TPSA) is 56.8 Å². The first kappa shape index (κ1) is 21.8. The van der Waals surface area contributed by atoms with Crippen LogP contribution in [0.25, 0.3) is 0 Å². The average Bonchev–Trinajstić information content (AvgIpc) is 3.32. The number of nitrogens with zero attached hydrogens (tertiary/aromatic N) is 2. The van der Waals surface area contributed by atoms with Crippen molar-refractivity contribution in [3.05, 3.63) is 59.7 Å². The molecule has 6 heteroatoms. The van der Waals surface area contributed by atoms with Crippen LogP contribution in [0.2, 0.25) is 0 Å². The second-order valence-corrected chi connectivity index (χ2v) is 8.49. The van der Waals surface area contributed by atoms with E-state index in [2.05, 4.69) is 56.8 Å². The predicted octanol–water partition coefficient (Wildman–Crippen LogP) is 3.24. The average molecular weight is 423 g/mol. The molecule has 2 aliphatic heterocycles. The van der Waals surface area contributed by atoms with Crippen LogP contribution in [0.5, 0.6) is 0 Å². The van der Waals surface area contributed by atoms with Gasteiger partial charge in [-0.3, -0.25) is 9.69 Å². The smallest absolute Gasteiger partial charge is 0.241 e. The second-order valence-electron chi connectivity index (χ2n) is 8.49. The van der Waals surface area contributed by atoms with E-state index in [9.17, 15) is 4.79 Å². The molecular formula is C25H34N4O2. The number of morpholine rings is 1. The highest BCUT2D eigenvalue weighted by molar-refractivity contribution is 5.94.